The number of hydrogen-bond donors (Lipinski definition) is 1. The fourth-order valence-corrected chi connectivity index (χ4v) is 1.33. The lowest BCUT2D eigenvalue weighted by Crippen LogP contribution is -2.33. The SMILES string of the molecule is CNCCC=Cc1cccc(OC(F)(F)C(F)F)c1. The van der Waals surface area contributed by atoms with E-state index in [0.29, 0.717) is 5.56 Å². The molecular weight excluding hydrogens is 262 g/mol. The van der Waals surface area contributed by atoms with E-state index in [0.717, 1.165) is 13.0 Å². The Morgan fingerprint density at radius 2 is 2.11 bits per heavy atom. The van der Waals surface area contributed by atoms with Crippen molar-refractivity contribution < 1.29 is 22.3 Å². The zero-order valence-electron chi connectivity index (χ0n) is 10.4. The molecule has 0 aliphatic rings. The van der Waals surface area contributed by atoms with E-state index in [1.165, 1.54) is 18.2 Å². The van der Waals surface area contributed by atoms with Crippen LogP contribution >= 0.6 is 0 Å². The summed E-state index contributed by atoms with van der Waals surface area (Å²) in [6.07, 6.45) is -4.00. The molecule has 1 aromatic carbocycles. The summed E-state index contributed by atoms with van der Waals surface area (Å²) in [5, 5.41) is 2.95. The fourth-order valence-electron chi connectivity index (χ4n) is 1.33. The largest absolute Gasteiger partial charge is 0.461 e. The fraction of sp³-hybridized carbons (Fsp3) is 0.385. The van der Waals surface area contributed by atoms with Crippen LogP contribution in [0.3, 0.4) is 0 Å². The van der Waals surface area contributed by atoms with E-state index in [1.807, 2.05) is 13.1 Å². The maximum absolute atomic E-state index is 12.7. The van der Waals surface area contributed by atoms with Gasteiger partial charge in [-0.1, -0.05) is 24.3 Å². The minimum atomic E-state index is -4.48. The maximum atomic E-state index is 12.7. The molecule has 0 saturated heterocycles. The smallest absolute Gasteiger partial charge is 0.428 e. The highest BCUT2D eigenvalue weighted by atomic mass is 19.3. The van der Waals surface area contributed by atoms with Crippen LogP contribution in [0.1, 0.15) is 12.0 Å². The van der Waals surface area contributed by atoms with Gasteiger partial charge < -0.3 is 10.1 Å². The van der Waals surface area contributed by atoms with E-state index < -0.39 is 12.5 Å². The van der Waals surface area contributed by atoms with Crippen LogP contribution in [0.25, 0.3) is 6.08 Å². The third kappa shape index (κ3) is 5.30. The average molecular weight is 277 g/mol. The lowest BCUT2D eigenvalue weighted by atomic mass is 10.2. The molecule has 0 aromatic heterocycles. The van der Waals surface area contributed by atoms with Gasteiger partial charge in [-0.15, -0.1) is 0 Å². The van der Waals surface area contributed by atoms with Gasteiger partial charge in [0, 0.05) is 0 Å². The summed E-state index contributed by atoms with van der Waals surface area (Å²) in [6.45, 7) is 0.788. The van der Waals surface area contributed by atoms with Crippen molar-refractivity contribution in [2.45, 2.75) is 19.0 Å². The molecule has 1 rings (SSSR count). The molecular formula is C13H15F4NO. The van der Waals surface area contributed by atoms with Crippen molar-refractivity contribution in [2.24, 2.45) is 0 Å². The molecule has 0 amide bonds. The normalized spacial score (nSPS) is 12.3. The third-order valence-corrected chi connectivity index (χ3v) is 2.24. The number of ether oxygens (including phenoxy) is 1. The summed E-state index contributed by atoms with van der Waals surface area (Å²) in [6, 6.07) is 5.63. The Labute approximate surface area is 109 Å². The van der Waals surface area contributed by atoms with Crippen LogP contribution in [-0.2, 0) is 0 Å². The molecule has 0 radical (unpaired) electrons. The summed E-state index contributed by atoms with van der Waals surface area (Å²) < 4.78 is 53.4. The first kappa shape index (κ1) is 15.5. The van der Waals surface area contributed by atoms with Gasteiger partial charge in [-0.25, -0.2) is 0 Å². The van der Waals surface area contributed by atoms with E-state index in [2.05, 4.69) is 10.1 Å². The van der Waals surface area contributed by atoms with Gasteiger partial charge in [0.25, 0.3) is 0 Å². The van der Waals surface area contributed by atoms with E-state index in [1.54, 1.807) is 12.1 Å². The van der Waals surface area contributed by atoms with E-state index in [-0.39, 0.29) is 5.75 Å². The van der Waals surface area contributed by atoms with Gasteiger partial charge in [-0.05, 0) is 37.7 Å². The van der Waals surface area contributed by atoms with Crippen molar-refractivity contribution in [3.05, 3.63) is 35.9 Å². The van der Waals surface area contributed by atoms with E-state index in [9.17, 15) is 17.6 Å². The third-order valence-electron chi connectivity index (χ3n) is 2.24. The highest BCUT2D eigenvalue weighted by Crippen LogP contribution is 2.28. The summed E-state index contributed by atoms with van der Waals surface area (Å²) in [4.78, 5) is 0. The van der Waals surface area contributed by atoms with Crippen molar-refractivity contribution in [3.8, 4) is 5.75 Å². The van der Waals surface area contributed by atoms with Crippen LogP contribution in [0.5, 0.6) is 5.75 Å². The monoisotopic (exact) mass is 277 g/mol. The standard InChI is InChI=1S/C13H15F4NO/c1-18-8-3-2-5-10-6-4-7-11(9-10)19-13(16,17)12(14)15/h2,4-7,9,12,18H,3,8H2,1H3. The van der Waals surface area contributed by atoms with Crippen LogP contribution in [0.4, 0.5) is 17.6 Å². The molecule has 0 unspecified atom stereocenters. The van der Waals surface area contributed by atoms with Crippen LogP contribution < -0.4 is 10.1 Å². The lowest BCUT2D eigenvalue weighted by molar-refractivity contribution is -0.253. The summed E-state index contributed by atoms with van der Waals surface area (Å²) in [5.74, 6) is -0.291. The molecule has 0 bridgehead atoms. The molecule has 0 aliphatic carbocycles. The van der Waals surface area contributed by atoms with Crippen molar-refractivity contribution in [1.82, 2.24) is 5.32 Å². The second-order valence-corrected chi connectivity index (χ2v) is 3.83. The van der Waals surface area contributed by atoms with E-state index >= 15 is 0 Å². The first-order valence-electron chi connectivity index (χ1n) is 5.72. The Bertz CT molecular complexity index is 421. The second kappa shape index (κ2) is 7.13. The predicted molar refractivity (Wildman–Crippen MR) is 65.6 cm³/mol. The first-order valence-corrected chi connectivity index (χ1v) is 5.72. The van der Waals surface area contributed by atoms with Crippen molar-refractivity contribution >= 4 is 6.08 Å². The molecule has 6 heteroatoms. The number of nitrogens with one attached hydrogen (secondary N) is 1. The summed E-state index contributed by atoms with van der Waals surface area (Å²) in [5.41, 5.74) is 0.610. The first-order chi connectivity index (χ1) is 8.95. The molecule has 1 N–H and O–H groups in total. The number of alkyl halides is 4. The Morgan fingerprint density at radius 3 is 2.74 bits per heavy atom. The number of halogens is 4. The molecule has 0 saturated carbocycles. The molecule has 0 spiro atoms. The maximum Gasteiger partial charge on any atom is 0.461 e. The number of benzene rings is 1. The quantitative estimate of drug-likeness (QED) is 0.608. The van der Waals surface area contributed by atoms with Gasteiger partial charge in [-0.2, -0.15) is 17.6 Å². The minimum absolute atomic E-state index is 0.291. The summed E-state index contributed by atoms with van der Waals surface area (Å²) in [7, 11) is 1.81. The highest BCUT2D eigenvalue weighted by Gasteiger charge is 2.43. The number of hydrogen-bond acceptors (Lipinski definition) is 2. The Kier molecular flexibility index (Phi) is 5.82. The highest BCUT2D eigenvalue weighted by molar-refractivity contribution is 5.51. The molecule has 0 heterocycles. The van der Waals surface area contributed by atoms with Gasteiger partial charge >= 0.3 is 12.5 Å². The van der Waals surface area contributed by atoms with Gasteiger partial charge in [0.15, 0.2) is 0 Å². The van der Waals surface area contributed by atoms with Crippen LogP contribution in [0.2, 0.25) is 0 Å². The predicted octanol–water partition coefficient (Wildman–Crippen LogP) is 3.55. The Morgan fingerprint density at radius 1 is 1.37 bits per heavy atom. The second-order valence-electron chi connectivity index (χ2n) is 3.83. The molecule has 0 atom stereocenters. The minimum Gasteiger partial charge on any atom is -0.428 e. The van der Waals surface area contributed by atoms with Crippen molar-refractivity contribution in [1.29, 1.82) is 0 Å². The van der Waals surface area contributed by atoms with Gasteiger partial charge in [-0.3, -0.25) is 0 Å². The van der Waals surface area contributed by atoms with Gasteiger partial charge in [0.05, 0.1) is 0 Å². The number of rotatable bonds is 7. The van der Waals surface area contributed by atoms with Gasteiger partial charge in [0.1, 0.15) is 5.75 Å². The molecule has 1 aromatic rings. The van der Waals surface area contributed by atoms with Gasteiger partial charge in [0.2, 0.25) is 0 Å². The summed E-state index contributed by atoms with van der Waals surface area (Å²) >= 11 is 0. The average Bonchev–Trinajstić information content (AvgIpc) is 2.34. The Balaban J connectivity index is 2.69. The van der Waals surface area contributed by atoms with Crippen LogP contribution in [0, 0.1) is 0 Å². The molecule has 106 valence electrons. The van der Waals surface area contributed by atoms with Crippen LogP contribution in [0.15, 0.2) is 30.3 Å². The molecule has 2 nitrogen and oxygen atoms in total. The topological polar surface area (TPSA) is 21.3 Å². The lowest BCUT2D eigenvalue weighted by Gasteiger charge is -2.16. The van der Waals surface area contributed by atoms with Crippen LogP contribution in [-0.4, -0.2) is 26.1 Å². The van der Waals surface area contributed by atoms with E-state index in [4.69, 9.17) is 0 Å². The zero-order chi connectivity index (χ0) is 14.3. The van der Waals surface area contributed by atoms with Crippen molar-refractivity contribution in [2.75, 3.05) is 13.6 Å². The zero-order valence-corrected chi connectivity index (χ0v) is 10.4. The molecule has 19 heavy (non-hydrogen) atoms. The Hall–Kier alpha value is -1.56. The molecule has 0 fully saturated rings. The van der Waals surface area contributed by atoms with Crippen molar-refractivity contribution in [3.63, 3.8) is 0 Å². The molecule has 0 aliphatic heterocycles.